The lowest BCUT2D eigenvalue weighted by Crippen LogP contribution is -2.46. The van der Waals surface area contributed by atoms with Crippen molar-refractivity contribution < 1.29 is 9.90 Å². The van der Waals surface area contributed by atoms with Crippen molar-refractivity contribution in [2.45, 2.75) is 43.6 Å². The zero-order valence-corrected chi connectivity index (χ0v) is 25.6. The molecular weight excluding hydrogens is 591 g/mol. The van der Waals surface area contributed by atoms with Crippen molar-refractivity contribution in [2.24, 2.45) is 5.92 Å². The van der Waals surface area contributed by atoms with Crippen molar-refractivity contribution in [2.75, 3.05) is 32.7 Å². The predicted molar refractivity (Wildman–Crippen MR) is 166 cm³/mol. The molecule has 2 saturated heterocycles. The van der Waals surface area contributed by atoms with Crippen LogP contribution in [0.25, 0.3) is 11.4 Å². The Hall–Kier alpha value is -2.82. The van der Waals surface area contributed by atoms with Gasteiger partial charge >= 0.3 is 0 Å². The topological polar surface area (TPSA) is 98.2 Å². The summed E-state index contributed by atoms with van der Waals surface area (Å²) in [6, 6.07) is 15.5. The third kappa shape index (κ3) is 6.71. The van der Waals surface area contributed by atoms with Gasteiger partial charge in [-0.3, -0.25) is 4.79 Å². The van der Waals surface area contributed by atoms with Crippen LogP contribution in [0.5, 0.6) is 0 Å². The molecule has 2 unspecified atom stereocenters. The highest BCUT2D eigenvalue weighted by Crippen LogP contribution is 2.37. The minimum atomic E-state index is -0.626. The standard InChI is InChI=1S/C31H34Cl2N6O2S/c32-27-8-7-23(16-28(27)33)30(40)39-18-25(26(19-39)24-9-15-42-20-24)17-38-13-11-31(41,12-14-38)10-1-2-21-3-5-22(6-4-21)29-34-36-37-35-29/h3-9,15-16,20,25-26,41H,1-2,10-14,17-19H2,(H,34,35,36,37). The van der Waals surface area contributed by atoms with Crippen LogP contribution in [0.2, 0.25) is 10.0 Å². The van der Waals surface area contributed by atoms with E-state index in [1.807, 2.05) is 17.0 Å². The molecule has 8 nitrogen and oxygen atoms in total. The van der Waals surface area contributed by atoms with Gasteiger partial charge in [0.05, 0.1) is 15.6 Å². The van der Waals surface area contributed by atoms with E-state index in [0.717, 1.165) is 57.3 Å². The molecule has 2 aromatic heterocycles. The molecule has 2 fully saturated rings. The maximum absolute atomic E-state index is 13.4. The van der Waals surface area contributed by atoms with E-state index in [1.54, 1.807) is 29.5 Å². The molecule has 6 rings (SSSR count). The van der Waals surface area contributed by atoms with Gasteiger partial charge in [-0.2, -0.15) is 16.6 Å². The molecule has 0 bridgehead atoms. The number of aryl methyl sites for hydroxylation is 1. The van der Waals surface area contributed by atoms with Gasteiger partial charge in [0.1, 0.15) is 0 Å². The average molecular weight is 626 g/mol. The van der Waals surface area contributed by atoms with E-state index in [4.69, 9.17) is 23.2 Å². The van der Waals surface area contributed by atoms with Crippen LogP contribution in [0.4, 0.5) is 0 Å². The van der Waals surface area contributed by atoms with E-state index in [-0.39, 0.29) is 11.8 Å². The third-order valence-corrected chi connectivity index (χ3v) is 10.3. The van der Waals surface area contributed by atoms with Crippen LogP contribution in [0, 0.1) is 5.92 Å². The highest BCUT2D eigenvalue weighted by Gasteiger charge is 2.39. The number of halogens is 2. The van der Waals surface area contributed by atoms with Gasteiger partial charge in [0, 0.05) is 49.8 Å². The molecule has 2 atom stereocenters. The van der Waals surface area contributed by atoms with Crippen molar-refractivity contribution in [3.63, 3.8) is 0 Å². The maximum atomic E-state index is 13.4. The Bertz CT molecular complexity index is 1470. The summed E-state index contributed by atoms with van der Waals surface area (Å²) in [7, 11) is 0. The molecule has 1 amide bonds. The quantitative estimate of drug-likeness (QED) is 0.239. The number of aliphatic hydroxyl groups is 1. The number of carbonyl (C=O) groups excluding carboxylic acids is 1. The molecule has 42 heavy (non-hydrogen) atoms. The Morgan fingerprint density at radius 3 is 2.57 bits per heavy atom. The number of thiophene rings is 1. The Labute approximate surface area is 259 Å². The summed E-state index contributed by atoms with van der Waals surface area (Å²) in [6.45, 7) is 4.03. The van der Waals surface area contributed by atoms with E-state index in [2.05, 4.69) is 54.5 Å². The van der Waals surface area contributed by atoms with Gasteiger partial charge in [-0.25, -0.2) is 0 Å². The van der Waals surface area contributed by atoms with Gasteiger partial charge in [0.25, 0.3) is 5.91 Å². The van der Waals surface area contributed by atoms with E-state index in [1.165, 1.54) is 11.1 Å². The lowest BCUT2D eigenvalue weighted by atomic mass is 9.84. The molecule has 0 saturated carbocycles. The fourth-order valence-electron chi connectivity index (χ4n) is 6.36. The van der Waals surface area contributed by atoms with Crippen molar-refractivity contribution in [1.29, 1.82) is 0 Å². The number of piperidine rings is 1. The van der Waals surface area contributed by atoms with Crippen LogP contribution in [-0.2, 0) is 6.42 Å². The number of H-pyrrole nitrogens is 1. The normalized spacial score (nSPS) is 20.7. The first-order chi connectivity index (χ1) is 20.4. The van der Waals surface area contributed by atoms with Gasteiger partial charge < -0.3 is 14.9 Å². The van der Waals surface area contributed by atoms with Crippen LogP contribution >= 0.6 is 34.5 Å². The van der Waals surface area contributed by atoms with Crippen LogP contribution in [0.3, 0.4) is 0 Å². The molecule has 4 heterocycles. The largest absolute Gasteiger partial charge is 0.390 e. The van der Waals surface area contributed by atoms with Gasteiger partial charge in [0.15, 0.2) is 0 Å². The molecule has 220 valence electrons. The molecule has 0 radical (unpaired) electrons. The van der Waals surface area contributed by atoms with Crippen molar-refractivity contribution >= 4 is 40.4 Å². The lowest BCUT2D eigenvalue weighted by molar-refractivity contribution is -0.0315. The zero-order chi connectivity index (χ0) is 29.1. The Kier molecular flexibility index (Phi) is 8.93. The number of amides is 1. The van der Waals surface area contributed by atoms with Gasteiger partial charge in [-0.15, -0.1) is 10.2 Å². The smallest absolute Gasteiger partial charge is 0.253 e. The number of benzene rings is 2. The van der Waals surface area contributed by atoms with Crippen LogP contribution < -0.4 is 0 Å². The molecule has 11 heteroatoms. The number of hydrogen-bond acceptors (Lipinski definition) is 7. The van der Waals surface area contributed by atoms with Crippen LogP contribution in [0.15, 0.2) is 59.3 Å². The van der Waals surface area contributed by atoms with Crippen molar-refractivity contribution in [3.05, 3.63) is 86.0 Å². The number of hydrogen-bond donors (Lipinski definition) is 2. The lowest BCUT2D eigenvalue weighted by Gasteiger charge is -2.39. The summed E-state index contributed by atoms with van der Waals surface area (Å²) in [5.74, 6) is 1.20. The summed E-state index contributed by atoms with van der Waals surface area (Å²) < 4.78 is 0. The molecule has 0 spiro atoms. The Balaban J connectivity index is 1.02. The summed E-state index contributed by atoms with van der Waals surface area (Å²) in [5.41, 5.74) is 3.42. The number of carbonyl (C=O) groups is 1. The predicted octanol–water partition coefficient (Wildman–Crippen LogP) is 5.94. The number of nitrogens with zero attached hydrogens (tertiary/aromatic N) is 5. The summed E-state index contributed by atoms with van der Waals surface area (Å²) >= 11 is 14.0. The molecule has 2 aliphatic rings. The Morgan fingerprint density at radius 1 is 1.07 bits per heavy atom. The highest BCUT2D eigenvalue weighted by molar-refractivity contribution is 7.08. The van der Waals surface area contributed by atoms with E-state index >= 15 is 0 Å². The van der Waals surface area contributed by atoms with E-state index in [0.29, 0.717) is 40.4 Å². The Morgan fingerprint density at radius 2 is 1.88 bits per heavy atom. The summed E-state index contributed by atoms with van der Waals surface area (Å²) in [6.07, 6.45) is 4.19. The number of aromatic amines is 1. The third-order valence-electron chi connectivity index (χ3n) is 8.81. The number of aromatic nitrogens is 4. The van der Waals surface area contributed by atoms with Gasteiger partial charge in [0.2, 0.25) is 5.82 Å². The fraction of sp³-hybridized carbons (Fsp3) is 0.419. The molecular formula is C31H34Cl2N6O2S. The first-order valence-electron chi connectivity index (χ1n) is 14.4. The first-order valence-corrected chi connectivity index (χ1v) is 16.1. The summed E-state index contributed by atoms with van der Waals surface area (Å²) in [5, 5.41) is 30.7. The number of tetrazole rings is 1. The number of likely N-dealkylation sites (tertiary alicyclic amines) is 2. The molecule has 2 N–H and O–H groups in total. The minimum absolute atomic E-state index is 0.00577. The van der Waals surface area contributed by atoms with E-state index < -0.39 is 5.60 Å². The second-order valence-electron chi connectivity index (χ2n) is 11.6. The average Bonchev–Trinajstić information content (AvgIpc) is 3.79. The monoisotopic (exact) mass is 624 g/mol. The fourth-order valence-corrected chi connectivity index (χ4v) is 7.38. The molecule has 4 aromatic rings. The van der Waals surface area contributed by atoms with Crippen LogP contribution in [0.1, 0.15) is 53.1 Å². The second-order valence-corrected chi connectivity index (χ2v) is 13.2. The summed E-state index contributed by atoms with van der Waals surface area (Å²) in [4.78, 5) is 17.8. The highest BCUT2D eigenvalue weighted by atomic mass is 35.5. The van der Waals surface area contributed by atoms with Crippen molar-refractivity contribution in [3.8, 4) is 11.4 Å². The van der Waals surface area contributed by atoms with Gasteiger partial charge in [-0.1, -0.05) is 47.5 Å². The van der Waals surface area contributed by atoms with Crippen LogP contribution in [-0.4, -0.2) is 79.8 Å². The maximum Gasteiger partial charge on any atom is 0.253 e. The molecule has 2 aliphatic heterocycles. The molecule has 2 aromatic carbocycles. The SMILES string of the molecule is O=C(c1ccc(Cl)c(Cl)c1)N1CC(CN2CCC(O)(CCCc3ccc(-c4nn[nH]n4)cc3)CC2)C(c2ccsc2)C1. The first kappa shape index (κ1) is 29.3. The van der Waals surface area contributed by atoms with Gasteiger partial charge in [-0.05, 0) is 89.4 Å². The second kappa shape index (κ2) is 12.8. The number of nitrogens with one attached hydrogen (secondary N) is 1. The van der Waals surface area contributed by atoms with E-state index in [9.17, 15) is 9.90 Å². The van der Waals surface area contributed by atoms with Crippen molar-refractivity contribution in [1.82, 2.24) is 30.4 Å². The zero-order valence-electron chi connectivity index (χ0n) is 23.3. The minimum Gasteiger partial charge on any atom is -0.390 e. The molecule has 0 aliphatic carbocycles. The number of rotatable bonds is 9.